The lowest BCUT2D eigenvalue weighted by Gasteiger charge is -2.28. The Kier molecular flexibility index (Phi) is 5.83. The van der Waals surface area contributed by atoms with Crippen LogP contribution in [0.25, 0.3) is 0 Å². The lowest BCUT2D eigenvalue weighted by molar-refractivity contribution is -0.137. The number of carbonyl (C=O) groups excluding carboxylic acids is 1. The first-order chi connectivity index (χ1) is 10.5. The first-order valence-corrected chi connectivity index (χ1v) is 8.14. The fraction of sp³-hybridized carbons (Fsp3) is 0.529. The molecule has 1 aromatic rings. The molecular weight excluding hydrogens is 302 g/mol. The Hall–Kier alpha value is -1.55. The number of hydrogen-bond donors (Lipinski definition) is 2. The van der Waals surface area contributed by atoms with Crippen molar-refractivity contribution in [3.05, 3.63) is 34.9 Å². The van der Waals surface area contributed by atoms with Gasteiger partial charge < -0.3 is 10.4 Å². The van der Waals surface area contributed by atoms with E-state index in [1.807, 2.05) is 24.3 Å². The summed E-state index contributed by atoms with van der Waals surface area (Å²) in [5.41, 5.74) is 0.712. The maximum absolute atomic E-state index is 12.6. The van der Waals surface area contributed by atoms with Crippen molar-refractivity contribution < 1.29 is 14.7 Å². The Bertz CT molecular complexity index is 538. The quantitative estimate of drug-likeness (QED) is 0.755. The van der Waals surface area contributed by atoms with Crippen molar-refractivity contribution in [2.45, 2.75) is 44.9 Å². The molecule has 4 nitrogen and oxygen atoms in total. The smallest absolute Gasteiger partial charge is 0.303 e. The number of halogens is 1. The summed E-state index contributed by atoms with van der Waals surface area (Å²) in [6.07, 6.45) is 5.12. The SMILES string of the molecule is O=C(O)CCCNC(=O)C1(Cc2cccc(Cl)c2)CCCC1. The predicted molar refractivity (Wildman–Crippen MR) is 85.9 cm³/mol. The highest BCUT2D eigenvalue weighted by atomic mass is 35.5. The molecule has 1 aliphatic carbocycles. The van der Waals surface area contributed by atoms with Crippen molar-refractivity contribution in [2.75, 3.05) is 6.54 Å². The van der Waals surface area contributed by atoms with Crippen LogP contribution in [-0.4, -0.2) is 23.5 Å². The van der Waals surface area contributed by atoms with Crippen molar-refractivity contribution in [1.29, 1.82) is 0 Å². The van der Waals surface area contributed by atoms with Gasteiger partial charge in [-0.05, 0) is 43.4 Å². The van der Waals surface area contributed by atoms with Gasteiger partial charge in [0.05, 0.1) is 5.41 Å². The van der Waals surface area contributed by atoms with Gasteiger partial charge in [0.15, 0.2) is 0 Å². The fourth-order valence-corrected chi connectivity index (χ4v) is 3.42. The van der Waals surface area contributed by atoms with Crippen molar-refractivity contribution in [1.82, 2.24) is 5.32 Å². The van der Waals surface area contributed by atoms with Gasteiger partial charge in [0.2, 0.25) is 5.91 Å². The van der Waals surface area contributed by atoms with Gasteiger partial charge in [-0.3, -0.25) is 9.59 Å². The number of aliphatic carboxylic acids is 1. The molecule has 0 saturated heterocycles. The van der Waals surface area contributed by atoms with Gasteiger partial charge >= 0.3 is 5.97 Å². The van der Waals surface area contributed by atoms with Crippen LogP contribution in [0.2, 0.25) is 5.02 Å². The van der Waals surface area contributed by atoms with Crippen LogP contribution in [0.3, 0.4) is 0 Å². The van der Waals surface area contributed by atoms with Crippen LogP contribution in [0.15, 0.2) is 24.3 Å². The standard InChI is InChI=1S/C17H22ClNO3/c18-14-6-3-5-13(11-14)12-17(8-1-2-9-17)16(22)19-10-4-7-15(20)21/h3,5-6,11H,1-2,4,7-10,12H2,(H,19,22)(H,20,21). The van der Waals surface area contributed by atoms with E-state index in [1.54, 1.807) is 0 Å². The highest BCUT2D eigenvalue weighted by molar-refractivity contribution is 6.30. The van der Waals surface area contributed by atoms with Crippen LogP contribution < -0.4 is 5.32 Å². The molecule has 0 radical (unpaired) electrons. The van der Waals surface area contributed by atoms with Crippen LogP contribution in [-0.2, 0) is 16.0 Å². The number of carboxylic acid groups (broad SMARTS) is 1. The molecule has 0 unspecified atom stereocenters. The van der Waals surface area contributed by atoms with Crippen molar-refractivity contribution >= 4 is 23.5 Å². The summed E-state index contributed by atoms with van der Waals surface area (Å²) in [5, 5.41) is 12.2. The molecule has 0 atom stereocenters. The Morgan fingerprint density at radius 1 is 1.27 bits per heavy atom. The van der Waals surface area contributed by atoms with Crippen LogP contribution in [0.4, 0.5) is 0 Å². The fourth-order valence-electron chi connectivity index (χ4n) is 3.20. The molecule has 0 bridgehead atoms. The van der Waals surface area contributed by atoms with Gasteiger partial charge in [0.25, 0.3) is 0 Å². The van der Waals surface area contributed by atoms with Gasteiger partial charge in [-0.25, -0.2) is 0 Å². The van der Waals surface area contributed by atoms with E-state index in [0.29, 0.717) is 24.4 Å². The van der Waals surface area contributed by atoms with E-state index in [-0.39, 0.29) is 17.7 Å². The number of amides is 1. The van der Waals surface area contributed by atoms with E-state index in [2.05, 4.69) is 5.32 Å². The molecule has 1 aromatic carbocycles. The molecule has 2 rings (SSSR count). The third-order valence-electron chi connectivity index (χ3n) is 4.33. The second kappa shape index (κ2) is 7.63. The van der Waals surface area contributed by atoms with Crippen LogP contribution in [0.1, 0.15) is 44.1 Å². The number of carbonyl (C=O) groups is 2. The summed E-state index contributed by atoms with van der Waals surface area (Å²) in [7, 11) is 0. The minimum atomic E-state index is -0.830. The molecule has 120 valence electrons. The van der Waals surface area contributed by atoms with Gasteiger partial charge in [-0.15, -0.1) is 0 Å². The molecule has 0 aromatic heterocycles. The number of hydrogen-bond acceptors (Lipinski definition) is 2. The monoisotopic (exact) mass is 323 g/mol. The summed E-state index contributed by atoms with van der Waals surface area (Å²) in [6.45, 7) is 0.419. The Morgan fingerprint density at radius 3 is 2.64 bits per heavy atom. The van der Waals surface area contributed by atoms with E-state index in [0.717, 1.165) is 31.2 Å². The number of nitrogens with one attached hydrogen (secondary N) is 1. The third kappa shape index (κ3) is 4.47. The first-order valence-electron chi connectivity index (χ1n) is 7.76. The normalized spacial score (nSPS) is 16.4. The van der Waals surface area contributed by atoms with Crippen molar-refractivity contribution in [3.63, 3.8) is 0 Å². The minimum Gasteiger partial charge on any atom is -0.481 e. The van der Waals surface area contributed by atoms with Crippen LogP contribution >= 0.6 is 11.6 Å². The Balaban J connectivity index is 1.98. The Morgan fingerprint density at radius 2 is 2.00 bits per heavy atom. The topological polar surface area (TPSA) is 66.4 Å². The molecule has 0 spiro atoms. The zero-order valence-electron chi connectivity index (χ0n) is 12.6. The second-order valence-corrected chi connectivity index (χ2v) is 6.48. The van der Waals surface area contributed by atoms with E-state index < -0.39 is 5.97 Å². The second-order valence-electron chi connectivity index (χ2n) is 6.05. The minimum absolute atomic E-state index is 0.0513. The van der Waals surface area contributed by atoms with Gasteiger partial charge in [-0.2, -0.15) is 0 Å². The van der Waals surface area contributed by atoms with Gasteiger partial charge in [0.1, 0.15) is 0 Å². The van der Waals surface area contributed by atoms with E-state index in [4.69, 9.17) is 16.7 Å². The highest BCUT2D eigenvalue weighted by Gasteiger charge is 2.40. The molecule has 1 amide bonds. The lowest BCUT2D eigenvalue weighted by atomic mass is 9.79. The lowest BCUT2D eigenvalue weighted by Crippen LogP contribution is -2.41. The third-order valence-corrected chi connectivity index (χ3v) is 4.56. The molecule has 0 heterocycles. The van der Waals surface area contributed by atoms with Gasteiger partial charge in [0, 0.05) is 18.0 Å². The largest absolute Gasteiger partial charge is 0.481 e. The zero-order valence-corrected chi connectivity index (χ0v) is 13.4. The number of benzene rings is 1. The van der Waals surface area contributed by atoms with E-state index in [9.17, 15) is 9.59 Å². The van der Waals surface area contributed by atoms with Crippen molar-refractivity contribution in [2.24, 2.45) is 5.41 Å². The van der Waals surface area contributed by atoms with Crippen molar-refractivity contribution in [3.8, 4) is 0 Å². The molecule has 1 aliphatic rings. The molecular formula is C17H22ClNO3. The summed E-state index contributed by atoms with van der Waals surface area (Å²) in [6, 6.07) is 7.66. The average Bonchev–Trinajstić information content (AvgIpc) is 2.93. The molecule has 0 aliphatic heterocycles. The summed E-state index contributed by atoms with van der Waals surface area (Å²) >= 11 is 6.03. The van der Waals surface area contributed by atoms with Crippen LogP contribution in [0.5, 0.6) is 0 Å². The van der Waals surface area contributed by atoms with Gasteiger partial charge in [-0.1, -0.05) is 36.6 Å². The molecule has 1 fully saturated rings. The molecule has 5 heteroatoms. The maximum atomic E-state index is 12.6. The zero-order chi connectivity index (χ0) is 16.0. The molecule has 2 N–H and O–H groups in total. The van der Waals surface area contributed by atoms with Crippen LogP contribution in [0, 0.1) is 5.41 Å². The maximum Gasteiger partial charge on any atom is 0.303 e. The predicted octanol–water partition coefficient (Wildman–Crippen LogP) is 3.42. The summed E-state index contributed by atoms with van der Waals surface area (Å²) < 4.78 is 0. The first kappa shape index (κ1) is 16.8. The summed E-state index contributed by atoms with van der Waals surface area (Å²) in [4.78, 5) is 23.1. The summed E-state index contributed by atoms with van der Waals surface area (Å²) in [5.74, 6) is -0.779. The highest BCUT2D eigenvalue weighted by Crippen LogP contribution is 2.41. The molecule has 1 saturated carbocycles. The average molecular weight is 324 g/mol. The van der Waals surface area contributed by atoms with E-state index >= 15 is 0 Å². The molecule has 22 heavy (non-hydrogen) atoms. The number of carboxylic acids is 1. The Labute approximate surface area is 135 Å². The van der Waals surface area contributed by atoms with E-state index in [1.165, 1.54) is 0 Å². The number of rotatable bonds is 7.